The van der Waals surface area contributed by atoms with Crippen LogP contribution in [0.2, 0.25) is 0 Å². The van der Waals surface area contributed by atoms with E-state index in [-0.39, 0.29) is 23.5 Å². The van der Waals surface area contributed by atoms with Crippen LogP contribution in [0.25, 0.3) is 5.57 Å². The number of carbonyl (C=O) groups excluding carboxylic acids is 2. The van der Waals surface area contributed by atoms with Crippen molar-refractivity contribution in [3.05, 3.63) is 106 Å². The van der Waals surface area contributed by atoms with E-state index >= 15 is 0 Å². The molecule has 0 atom stereocenters. The number of amides is 2. The van der Waals surface area contributed by atoms with Gasteiger partial charge in [0.2, 0.25) is 0 Å². The largest absolute Gasteiger partial charge is 0.350 e. The lowest BCUT2D eigenvalue weighted by molar-refractivity contribution is -0.384. The molecule has 154 valence electrons. The Labute approximate surface area is 175 Å². The number of aromatic nitrogens is 1. The summed E-state index contributed by atoms with van der Waals surface area (Å²) in [6.45, 7) is 0.0330. The molecule has 0 unspecified atom stereocenters. The molecule has 2 amide bonds. The average Bonchev–Trinajstić information content (AvgIpc) is 3.00. The number of hydrogen-bond donors (Lipinski definition) is 1. The van der Waals surface area contributed by atoms with Crippen LogP contribution >= 0.6 is 0 Å². The van der Waals surface area contributed by atoms with Crippen LogP contribution in [0.3, 0.4) is 0 Å². The molecule has 0 saturated heterocycles. The molecule has 8 nitrogen and oxygen atoms in total. The number of halogens is 1. The molecule has 2 aromatic carbocycles. The SMILES string of the molecule is O=C1C(Nc2ccc(F)cc2)=C(c2ccc([N+](=O)[O-])cc2)C(=O)N1Cc1ccncc1. The van der Waals surface area contributed by atoms with Gasteiger partial charge in [-0.15, -0.1) is 0 Å². The lowest BCUT2D eigenvalue weighted by atomic mass is 10.0. The maximum atomic E-state index is 13.3. The van der Waals surface area contributed by atoms with Gasteiger partial charge in [-0.1, -0.05) is 0 Å². The summed E-state index contributed by atoms with van der Waals surface area (Å²) in [5.41, 5.74) is 1.44. The molecule has 4 rings (SSSR count). The summed E-state index contributed by atoms with van der Waals surface area (Å²) < 4.78 is 13.3. The standard InChI is InChI=1S/C22H15FN4O4/c23-16-3-5-17(6-4-16)25-20-19(15-1-7-18(8-2-15)27(30)31)21(28)26(22(20)29)13-14-9-11-24-12-10-14/h1-12,25H,13H2. The molecule has 31 heavy (non-hydrogen) atoms. The molecule has 9 heteroatoms. The Morgan fingerprint density at radius 2 is 1.58 bits per heavy atom. The van der Waals surface area contributed by atoms with Gasteiger partial charge in [-0.05, 0) is 59.7 Å². The molecule has 1 N–H and O–H groups in total. The summed E-state index contributed by atoms with van der Waals surface area (Å²) in [6, 6.07) is 14.1. The highest BCUT2D eigenvalue weighted by Crippen LogP contribution is 2.32. The summed E-state index contributed by atoms with van der Waals surface area (Å²) in [4.78, 5) is 41.7. The third-order valence-electron chi connectivity index (χ3n) is 4.74. The molecule has 1 aromatic heterocycles. The van der Waals surface area contributed by atoms with Crippen molar-refractivity contribution in [2.24, 2.45) is 0 Å². The number of imide groups is 1. The summed E-state index contributed by atoms with van der Waals surface area (Å²) in [5.74, 6) is -1.54. The lowest BCUT2D eigenvalue weighted by Gasteiger charge is -2.15. The van der Waals surface area contributed by atoms with Crippen molar-refractivity contribution in [2.45, 2.75) is 6.54 Å². The molecule has 1 aliphatic heterocycles. The number of nitro benzene ring substituents is 1. The van der Waals surface area contributed by atoms with Gasteiger partial charge in [0.05, 0.1) is 17.0 Å². The zero-order chi connectivity index (χ0) is 22.0. The van der Waals surface area contributed by atoms with Crippen molar-refractivity contribution in [3.63, 3.8) is 0 Å². The minimum absolute atomic E-state index is 0.0134. The van der Waals surface area contributed by atoms with E-state index in [1.165, 1.54) is 48.5 Å². The van der Waals surface area contributed by atoms with Gasteiger partial charge in [-0.25, -0.2) is 4.39 Å². The number of anilines is 1. The molecular formula is C22H15FN4O4. The normalized spacial score (nSPS) is 13.6. The molecular weight excluding hydrogens is 403 g/mol. The van der Waals surface area contributed by atoms with E-state index in [9.17, 15) is 24.1 Å². The number of benzene rings is 2. The Morgan fingerprint density at radius 1 is 0.935 bits per heavy atom. The summed E-state index contributed by atoms with van der Waals surface area (Å²) in [7, 11) is 0. The molecule has 0 bridgehead atoms. The minimum atomic E-state index is -0.556. The topological polar surface area (TPSA) is 105 Å². The van der Waals surface area contributed by atoms with Crippen LogP contribution in [0.4, 0.5) is 15.8 Å². The number of non-ortho nitro benzene ring substituents is 1. The fourth-order valence-corrected chi connectivity index (χ4v) is 3.20. The highest BCUT2D eigenvalue weighted by molar-refractivity contribution is 6.36. The van der Waals surface area contributed by atoms with E-state index in [0.29, 0.717) is 16.8 Å². The summed E-state index contributed by atoms with van der Waals surface area (Å²) in [6.07, 6.45) is 3.12. The van der Waals surface area contributed by atoms with E-state index in [4.69, 9.17) is 0 Å². The zero-order valence-electron chi connectivity index (χ0n) is 16.0. The van der Waals surface area contributed by atoms with Gasteiger partial charge >= 0.3 is 0 Å². The van der Waals surface area contributed by atoms with E-state index in [2.05, 4.69) is 10.3 Å². The first-order valence-corrected chi connectivity index (χ1v) is 9.21. The molecule has 1 aliphatic rings. The number of hydrogen-bond acceptors (Lipinski definition) is 6. The second-order valence-electron chi connectivity index (χ2n) is 6.74. The molecule has 0 aliphatic carbocycles. The molecule has 0 radical (unpaired) electrons. The van der Waals surface area contributed by atoms with E-state index in [1.54, 1.807) is 24.5 Å². The van der Waals surface area contributed by atoms with Crippen LogP contribution < -0.4 is 5.32 Å². The van der Waals surface area contributed by atoms with Crippen molar-refractivity contribution in [3.8, 4) is 0 Å². The maximum absolute atomic E-state index is 13.3. The fraction of sp³-hybridized carbons (Fsp3) is 0.0455. The van der Waals surface area contributed by atoms with E-state index in [1.807, 2.05) is 0 Å². The van der Waals surface area contributed by atoms with Crippen LogP contribution in [0.15, 0.2) is 78.8 Å². The number of nitro groups is 1. The maximum Gasteiger partial charge on any atom is 0.278 e. The molecule has 0 spiro atoms. The Morgan fingerprint density at radius 3 is 2.19 bits per heavy atom. The lowest BCUT2D eigenvalue weighted by Crippen LogP contribution is -2.32. The molecule has 0 saturated carbocycles. The number of rotatable bonds is 6. The molecule has 0 fully saturated rings. The number of carbonyl (C=O) groups is 2. The monoisotopic (exact) mass is 418 g/mol. The third kappa shape index (κ3) is 4.01. The predicted octanol–water partition coefficient (Wildman–Crippen LogP) is 3.52. The molecule has 2 heterocycles. The fourth-order valence-electron chi connectivity index (χ4n) is 3.20. The van der Waals surface area contributed by atoms with E-state index in [0.717, 1.165) is 4.90 Å². The van der Waals surface area contributed by atoms with Gasteiger partial charge < -0.3 is 5.32 Å². The predicted molar refractivity (Wildman–Crippen MR) is 110 cm³/mol. The van der Waals surface area contributed by atoms with Crippen LogP contribution in [0.5, 0.6) is 0 Å². The smallest absolute Gasteiger partial charge is 0.278 e. The van der Waals surface area contributed by atoms with Crippen molar-refractivity contribution < 1.29 is 18.9 Å². The van der Waals surface area contributed by atoms with Crippen LogP contribution in [0.1, 0.15) is 11.1 Å². The van der Waals surface area contributed by atoms with Crippen molar-refractivity contribution in [1.82, 2.24) is 9.88 Å². The number of pyridine rings is 1. The van der Waals surface area contributed by atoms with Gasteiger partial charge in [-0.3, -0.25) is 29.6 Å². The second kappa shape index (κ2) is 8.15. The van der Waals surface area contributed by atoms with E-state index < -0.39 is 22.6 Å². The van der Waals surface area contributed by atoms with Crippen LogP contribution in [-0.2, 0) is 16.1 Å². The highest BCUT2D eigenvalue weighted by Gasteiger charge is 2.39. The van der Waals surface area contributed by atoms with Crippen molar-refractivity contribution >= 4 is 28.8 Å². The summed E-state index contributed by atoms with van der Waals surface area (Å²) in [5, 5.41) is 13.9. The van der Waals surface area contributed by atoms with Crippen molar-refractivity contribution in [1.29, 1.82) is 0 Å². The average molecular weight is 418 g/mol. The Hall–Kier alpha value is -4.40. The number of nitrogens with zero attached hydrogens (tertiary/aromatic N) is 3. The quantitative estimate of drug-likeness (QED) is 0.373. The second-order valence-corrected chi connectivity index (χ2v) is 6.74. The molecule has 3 aromatic rings. The van der Waals surface area contributed by atoms with Crippen LogP contribution in [0, 0.1) is 15.9 Å². The van der Waals surface area contributed by atoms with Gasteiger partial charge in [0, 0.05) is 30.2 Å². The summed E-state index contributed by atoms with van der Waals surface area (Å²) >= 11 is 0. The van der Waals surface area contributed by atoms with Gasteiger partial charge in [0.1, 0.15) is 11.5 Å². The third-order valence-corrected chi connectivity index (χ3v) is 4.74. The Kier molecular flexibility index (Phi) is 5.23. The number of nitrogens with one attached hydrogen (secondary N) is 1. The minimum Gasteiger partial charge on any atom is -0.350 e. The highest BCUT2D eigenvalue weighted by atomic mass is 19.1. The van der Waals surface area contributed by atoms with Gasteiger partial charge in [-0.2, -0.15) is 0 Å². The first kappa shape index (κ1) is 19.9. The first-order chi connectivity index (χ1) is 14.9. The zero-order valence-corrected chi connectivity index (χ0v) is 16.0. The van der Waals surface area contributed by atoms with Crippen LogP contribution in [-0.4, -0.2) is 26.6 Å². The van der Waals surface area contributed by atoms with Gasteiger partial charge in [0.15, 0.2) is 0 Å². The Bertz CT molecular complexity index is 1190. The Balaban J connectivity index is 1.74. The van der Waals surface area contributed by atoms with Gasteiger partial charge in [0.25, 0.3) is 17.5 Å². The van der Waals surface area contributed by atoms with Crippen molar-refractivity contribution in [2.75, 3.05) is 5.32 Å². The first-order valence-electron chi connectivity index (χ1n) is 9.21.